The number of anilines is 4. The normalized spacial score (nSPS) is 17.6. The predicted molar refractivity (Wildman–Crippen MR) is 143 cm³/mol. The minimum absolute atomic E-state index is 0. The van der Waals surface area contributed by atoms with Crippen LogP contribution in [0.3, 0.4) is 0 Å². The zero-order valence-electron chi connectivity index (χ0n) is 21.1. The smallest absolute Gasteiger partial charge is 0.341 e. The fraction of sp³-hybridized carbons (Fsp3) is 0.250. The van der Waals surface area contributed by atoms with E-state index in [1.165, 1.54) is 72.8 Å². The van der Waals surface area contributed by atoms with E-state index in [0.717, 1.165) is 0 Å². The van der Waals surface area contributed by atoms with Gasteiger partial charge in [0.2, 0.25) is 0 Å². The number of nitrogens with zero attached hydrogens (tertiary/aromatic N) is 2. The van der Waals surface area contributed by atoms with E-state index in [2.05, 4.69) is 118 Å². The number of fused-ring (bicyclic) bond motifs is 7. The van der Waals surface area contributed by atoms with Crippen molar-refractivity contribution in [2.45, 2.75) is 53.1 Å². The van der Waals surface area contributed by atoms with Gasteiger partial charge in [0.25, 0.3) is 0 Å². The van der Waals surface area contributed by atoms with E-state index in [9.17, 15) is 0 Å². The summed E-state index contributed by atoms with van der Waals surface area (Å²) in [5.41, 5.74) is 17.3. The molecule has 3 aliphatic rings. The average molecular weight is 543 g/mol. The molecular formula is C32H29N2Ru. The maximum atomic E-state index is 3.55. The Labute approximate surface area is 221 Å². The summed E-state index contributed by atoms with van der Waals surface area (Å²) in [6.07, 6.45) is 0.166. The summed E-state index contributed by atoms with van der Waals surface area (Å²) in [6.45, 7) is 13.9. The molecule has 0 saturated heterocycles. The van der Waals surface area contributed by atoms with Gasteiger partial charge in [-0.3, -0.25) is 0 Å². The molecule has 3 heterocycles. The fourth-order valence-electron chi connectivity index (χ4n) is 6.71. The molecule has 0 bridgehead atoms. The van der Waals surface area contributed by atoms with Crippen LogP contribution >= 0.6 is 0 Å². The molecule has 1 radical (unpaired) electrons. The first-order chi connectivity index (χ1) is 16.3. The van der Waals surface area contributed by atoms with E-state index in [0.29, 0.717) is 0 Å². The van der Waals surface area contributed by atoms with Gasteiger partial charge in [-0.1, -0.05) is 93.5 Å². The second-order valence-corrected chi connectivity index (χ2v) is 10.7. The topological polar surface area (TPSA) is 6.48 Å². The number of rotatable bonds is 0. The third-order valence-electron chi connectivity index (χ3n) is 8.56. The Morgan fingerprint density at radius 2 is 1.34 bits per heavy atom. The Kier molecular flexibility index (Phi) is 4.71. The molecule has 4 aromatic rings. The third kappa shape index (κ3) is 2.63. The summed E-state index contributed by atoms with van der Waals surface area (Å²) < 4.78 is 0. The number of aryl methyl sites for hydroxylation is 2. The largest absolute Gasteiger partial charge is 1.00 e. The molecule has 0 saturated carbocycles. The molecule has 0 amide bonds. The van der Waals surface area contributed by atoms with E-state index in [1.807, 2.05) is 0 Å². The van der Waals surface area contributed by atoms with E-state index in [1.54, 1.807) is 0 Å². The van der Waals surface area contributed by atoms with Gasteiger partial charge in [-0.25, -0.2) is 0 Å². The van der Waals surface area contributed by atoms with Crippen molar-refractivity contribution in [3.05, 3.63) is 94.5 Å². The molecule has 35 heavy (non-hydrogen) atoms. The molecule has 0 spiro atoms. The minimum Gasteiger partial charge on any atom is -0.341 e. The van der Waals surface area contributed by atoms with Gasteiger partial charge in [0.15, 0.2) is 0 Å². The SMILES string of the molecule is Cc1[c-]cc2c(c1C)N1c3c(ccc4c3N(c3c(C)cccc3C4(C)C)[C@H]1C)-c1ccccc1-2.[Ru+]. The van der Waals surface area contributed by atoms with Crippen LogP contribution in [0.5, 0.6) is 0 Å². The summed E-state index contributed by atoms with van der Waals surface area (Å²) in [4.78, 5) is 5.24. The summed E-state index contributed by atoms with van der Waals surface area (Å²) in [7, 11) is 0. The molecule has 1 atom stereocenters. The first-order valence-corrected chi connectivity index (χ1v) is 12.3. The van der Waals surface area contributed by atoms with Gasteiger partial charge in [0.05, 0.1) is 17.1 Å². The Morgan fingerprint density at radius 3 is 2.09 bits per heavy atom. The molecule has 7 rings (SSSR count). The van der Waals surface area contributed by atoms with Gasteiger partial charge in [-0.05, 0) is 36.1 Å². The second kappa shape index (κ2) is 7.31. The van der Waals surface area contributed by atoms with Crippen LogP contribution in [0.4, 0.5) is 22.7 Å². The van der Waals surface area contributed by atoms with Crippen molar-refractivity contribution < 1.29 is 19.5 Å². The molecule has 0 aliphatic carbocycles. The molecule has 4 aromatic carbocycles. The molecule has 0 fully saturated rings. The maximum Gasteiger partial charge on any atom is 1.00 e. The van der Waals surface area contributed by atoms with Gasteiger partial charge in [-0.2, -0.15) is 17.7 Å². The molecule has 3 heteroatoms. The third-order valence-corrected chi connectivity index (χ3v) is 8.56. The van der Waals surface area contributed by atoms with Crippen molar-refractivity contribution in [3.63, 3.8) is 0 Å². The van der Waals surface area contributed by atoms with Crippen LogP contribution in [-0.4, -0.2) is 6.17 Å². The van der Waals surface area contributed by atoms with Crippen LogP contribution in [0.25, 0.3) is 22.3 Å². The standard InChI is InChI=1S/C32H29N2.Ru/c1-18-14-15-24-22-11-7-8-12-23(22)25-16-17-27-31-30(25)34(29(24)20(18)3)21(4)33(31)28-19(2)10-9-13-26(28)32(27,5)6;/h7-13,15-17,21H,1-6H3;/q-1;+1/t21-;/m1./s1. The number of benzene rings is 4. The Morgan fingerprint density at radius 1 is 0.686 bits per heavy atom. The zero-order valence-corrected chi connectivity index (χ0v) is 22.8. The summed E-state index contributed by atoms with van der Waals surface area (Å²) >= 11 is 0. The number of hydrogen-bond acceptors (Lipinski definition) is 2. The monoisotopic (exact) mass is 543 g/mol. The average Bonchev–Trinajstić information content (AvgIpc) is 3.04. The number of para-hydroxylation sites is 1. The van der Waals surface area contributed by atoms with Crippen LogP contribution in [-0.2, 0) is 24.9 Å². The van der Waals surface area contributed by atoms with Crippen LogP contribution in [0.1, 0.15) is 48.6 Å². The van der Waals surface area contributed by atoms with Crippen LogP contribution < -0.4 is 9.80 Å². The van der Waals surface area contributed by atoms with Crippen molar-refractivity contribution in [2.24, 2.45) is 0 Å². The summed E-state index contributed by atoms with van der Waals surface area (Å²) in [5, 5.41) is 0. The summed E-state index contributed by atoms with van der Waals surface area (Å²) in [6, 6.07) is 26.2. The van der Waals surface area contributed by atoms with Gasteiger partial charge < -0.3 is 9.80 Å². The van der Waals surface area contributed by atoms with E-state index >= 15 is 0 Å². The minimum atomic E-state index is -0.0674. The van der Waals surface area contributed by atoms with E-state index < -0.39 is 0 Å². The Balaban J connectivity index is 0.00000229. The van der Waals surface area contributed by atoms with Gasteiger partial charge in [0, 0.05) is 11.0 Å². The van der Waals surface area contributed by atoms with Crippen molar-refractivity contribution >= 4 is 22.7 Å². The zero-order chi connectivity index (χ0) is 23.5. The molecule has 175 valence electrons. The van der Waals surface area contributed by atoms with Gasteiger partial charge in [0.1, 0.15) is 6.17 Å². The van der Waals surface area contributed by atoms with Crippen LogP contribution in [0.15, 0.2) is 60.7 Å². The van der Waals surface area contributed by atoms with Gasteiger partial charge in [-0.15, -0.1) is 11.1 Å². The fourth-order valence-corrected chi connectivity index (χ4v) is 6.71. The molecular weight excluding hydrogens is 513 g/mol. The quantitative estimate of drug-likeness (QED) is 0.163. The Hall–Kier alpha value is -2.90. The van der Waals surface area contributed by atoms with Crippen molar-refractivity contribution in [1.29, 1.82) is 0 Å². The second-order valence-electron chi connectivity index (χ2n) is 10.7. The molecule has 0 aromatic heterocycles. The first kappa shape index (κ1) is 22.6. The van der Waals surface area contributed by atoms with Crippen LogP contribution in [0, 0.1) is 26.8 Å². The van der Waals surface area contributed by atoms with Crippen LogP contribution in [0.2, 0.25) is 0 Å². The predicted octanol–water partition coefficient (Wildman–Crippen LogP) is 8.33. The van der Waals surface area contributed by atoms with E-state index in [4.69, 9.17) is 0 Å². The molecule has 3 aliphatic heterocycles. The number of hydrogen-bond donors (Lipinski definition) is 0. The maximum absolute atomic E-state index is 3.55. The van der Waals surface area contributed by atoms with E-state index in [-0.39, 0.29) is 31.1 Å². The van der Waals surface area contributed by atoms with Crippen molar-refractivity contribution in [1.82, 2.24) is 0 Å². The molecule has 2 nitrogen and oxygen atoms in total. The van der Waals surface area contributed by atoms with Crippen molar-refractivity contribution in [2.75, 3.05) is 9.80 Å². The first-order valence-electron chi connectivity index (χ1n) is 12.3. The Bertz CT molecular complexity index is 1550. The van der Waals surface area contributed by atoms with Gasteiger partial charge >= 0.3 is 19.5 Å². The summed E-state index contributed by atoms with van der Waals surface area (Å²) in [5.74, 6) is 0. The molecule has 0 N–H and O–H groups in total. The van der Waals surface area contributed by atoms with Crippen molar-refractivity contribution in [3.8, 4) is 22.3 Å². The molecule has 0 unspecified atom stereocenters.